The molecule has 3 rings (SSSR count). The molecule has 0 atom stereocenters. The molecule has 114 valence electrons. The lowest BCUT2D eigenvalue weighted by Crippen LogP contribution is -2.07. The van der Waals surface area contributed by atoms with E-state index in [1.54, 1.807) is 0 Å². The van der Waals surface area contributed by atoms with Crippen molar-refractivity contribution < 1.29 is 9.53 Å². The van der Waals surface area contributed by atoms with Crippen molar-refractivity contribution in [2.75, 3.05) is 6.61 Å². The lowest BCUT2D eigenvalue weighted by molar-refractivity contribution is -0.143. The normalized spacial score (nSPS) is 11.2. The van der Waals surface area contributed by atoms with Crippen LogP contribution in [0.15, 0.2) is 36.4 Å². The van der Waals surface area contributed by atoms with E-state index in [1.807, 2.05) is 26.0 Å². The van der Waals surface area contributed by atoms with E-state index in [0.717, 1.165) is 29.8 Å². The highest BCUT2D eigenvalue weighted by atomic mass is 16.5. The molecule has 0 saturated heterocycles. The Balaban J connectivity index is 1.87. The summed E-state index contributed by atoms with van der Waals surface area (Å²) in [5.74, 6) is 0.851. The Morgan fingerprint density at radius 3 is 2.68 bits per heavy atom. The van der Waals surface area contributed by atoms with Crippen LogP contribution >= 0.6 is 0 Å². The Labute approximate surface area is 129 Å². The van der Waals surface area contributed by atoms with E-state index in [0.29, 0.717) is 13.0 Å². The second-order valence-corrected chi connectivity index (χ2v) is 5.41. The number of rotatable bonds is 5. The fourth-order valence-electron chi connectivity index (χ4n) is 2.83. The molecular formula is C18H20N2O2. The van der Waals surface area contributed by atoms with Gasteiger partial charge in [-0.1, -0.05) is 24.3 Å². The van der Waals surface area contributed by atoms with Gasteiger partial charge in [0.2, 0.25) is 0 Å². The molecule has 1 aromatic heterocycles. The van der Waals surface area contributed by atoms with Crippen LogP contribution in [0, 0.1) is 6.92 Å². The lowest BCUT2D eigenvalue weighted by Gasteiger charge is -2.07. The molecule has 0 fully saturated rings. The number of esters is 1. The third-order valence-electron chi connectivity index (χ3n) is 3.87. The van der Waals surface area contributed by atoms with Gasteiger partial charge in [-0.15, -0.1) is 0 Å². The zero-order valence-electron chi connectivity index (χ0n) is 13.0. The van der Waals surface area contributed by atoms with Gasteiger partial charge in [0.25, 0.3) is 0 Å². The largest absolute Gasteiger partial charge is 0.466 e. The van der Waals surface area contributed by atoms with Crippen LogP contribution in [0.3, 0.4) is 0 Å². The number of benzene rings is 2. The molecule has 4 heteroatoms. The number of aryl methyl sites for hydroxylation is 2. The van der Waals surface area contributed by atoms with Crippen molar-refractivity contribution in [1.29, 1.82) is 0 Å². The zero-order chi connectivity index (χ0) is 15.5. The Hall–Kier alpha value is -2.36. The van der Waals surface area contributed by atoms with E-state index in [-0.39, 0.29) is 5.97 Å². The molecule has 0 spiro atoms. The van der Waals surface area contributed by atoms with Crippen molar-refractivity contribution in [2.45, 2.75) is 33.2 Å². The predicted octanol–water partition coefficient (Wildman–Crippen LogP) is 3.84. The number of imidazole rings is 1. The van der Waals surface area contributed by atoms with Gasteiger partial charge < -0.3 is 9.30 Å². The van der Waals surface area contributed by atoms with Crippen molar-refractivity contribution in [3.8, 4) is 0 Å². The summed E-state index contributed by atoms with van der Waals surface area (Å²) in [4.78, 5) is 16.1. The summed E-state index contributed by atoms with van der Waals surface area (Å²) in [6, 6.07) is 12.6. The Kier molecular flexibility index (Phi) is 4.09. The third kappa shape index (κ3) is 2.82. The first-order valence-corrected chi connectivity index (χ1v) is 7.70. The molecule has 0 aliphatic heterocycles. The fourth-order valence-corrected chi connectivity index (χ4v) is 2.83. The van der Waals surface area contributed by atoms with Crippen LogP contribution in [0.4, 0.5) is 0 Å². The monoisotopic (exact) mass is 296 g/mol. The summed E-state index contributed by atoms with van der Waals surface area (Å²) in [6.45, 7) is 5.06. The average Bonchev–Trinajstić information content (AvgIpc) is 2.80. The highest BCUT2D eigenvalue weighted by Crippen LogP contribution is 2.23. The van der Waals surface area contributed by atoms with Crippen LogP contribution < -0.4 is 0 Å². The van der Waals surface area contributed by atoms with Crippen LogP contribution in [0.5, 0.6) is 0 Å². The summed E-state index contributed by atoms with van der Waals surface area (Å²) in [5, 5.41) is 2.41. The van der Waals surface area contributed by atoms with Crippen molar-refractivity contribution in [3.05, 3.63) is 42.2 Å². The molecule has 0 N–H and O–H groups in total. The van der Waals surface area contributed by atoms with Crippen molar-refractivity contribution in [3.63, 3.8) is 0 Å². The van der Waals surface area contributed by atoms with E-state index in [1.165, 1.54) is 10.8 Å². The maximum absolute atomic E-state index is 11.4. The van der Waals surface area contributed by atoms with Crippen molar-refractivity contribution >= 4 is 27.8 Å². The molecule has 0 radical (unpaired) electrons. The number of ether oxygens (including phenoxy) is 1. The lowest BCUT2D eigenvalue weighted by atomic mass is 10.1. The van der Waals surface area contributed by atoms with Crippen LogP contribution in [0.25, 0.3) is 21.8 Å². The third-order valence-corrected chi connectivity index (χ3v) is 3.87. The molecule has 0 aliphatic rings. The number of hydrogen-bond acceptors (Lipinski definition) is 3. The molecule has 0 saturated carbocycles. The summed E-state index contributed by atoms with van der Waals surface area (Å²) in [7, 11) is 0. The molecule has 3 aromatic rings. The maximum Gasteiger partial charge on any atom is 0.305 e. The minimum Gasteiger partial charge on any atom is -0.466 e. The van der Waals surface area contributed by atoms with Gasteiger partial charge in [-0.2, -0.15) is 0 Å². The molecule has 0 bridgehead atoms. The van der Waals surface area contributed by atoms with Crippen molar-refractivity contribution in [1.82, 2.24) is 9.55 Å². The minimum atomic E-state index is -0.130. The first kappa shape index (κ1) is 14.6. The van der Waals surface area contributed by atoms with Gasteiger partial charge in [0.15, 0.2) is 0 Å². The average molecular weight is 296 g/mol. The number of hydrogen-bond donors (Lipinski definition) is 0. The van der Waals surface area contributed by atoms with Gasteiger partial charge in [0.1, 0.15) is 5.82 Å². The molecule has 0 unspecified atom stereocenters. The predicted molar refractivity (Wildman–Crippen MR) is 87.8 cm³/mol. The Morgan fingerprint density at radius 2 is 1.95 bits per heavy atom. The zero-order valence-corrected chi connectivity index (χ0v) is 13.0. The van der Waals surface area contributed by atoms with Gasteiger partial charge in [-0.05, 0) is 43.2 Å². The second-order valence-electron chi connectivity index (χ2n) is 5.41. The number of carbonyl (C=O) groups is 1. The summed E-state index contributed by atoms with van der Waals surface area (Å²) >= 11 is 0. The number of carbonyl (C=O) groups excluding carboxylic acids is 1. The van der Waals surface area contributed by atoms with Gasteiger partial charge in [-0.25, -0.2) is 4.98 Å². The Morgan fingerprint density at radius 1 is 1.23 bits per heavy atom. The van der Waals surface area contributed by atoms with Gasteiger partial charge in [0.05, 0.1) is 17.6 Å². The topological polar surface area (TPSA) is 44.1 Å². The smallest absolute Gasteiger partial charge is 0.305 e. The first-order valence-electron chi connectivity index (χ1n) is 7.70. The molecular weight excluding hydrogens is 276 g/mol. The molecule has 1 heterocycles. The van der Waals surface area contributed by atoms with Crippen molar-refractivity contribution in [2.24, 2.45) is 0 Å². The standard InChI is InChI=1S/C18H20N2O2/c1-3-22-18(21)9-6-10-20-13(2)19-16-11-14-7-4-5-8-15(14)12-17(16)20/h4-5,7-8,11-12H,3,6,9-10H2,1-2H3. The highest BCUT2D eigenvalue weighted by molar-refractivity contribution is 5.95. The SMILES string of the molecule is CCOC(=O)CCCn1c(C)nc2cc3ccccc3cc21. The van der Waals surface area contributed by atoms with Crippen LogP contribution in [0.2, 0.25) is 0 Å². The molecule has 0 aliphatic carbocycles. The van der Waals surface area contributed by atoms with Crippen LogP contribution in [-0.2, 0) is 16.1 Å². The fraction of sp³-hybridized carbons (Fsp3) is 0.333. The van der Waals surface area contributed by atoms with Crippen LogP contribution in [-0.4, -0.2) is 22.1 Å². The summed E-state index contributed by atoms with van der Waals surface area (Å²) in [5.41, 5.74) is 2.13. The van der Waals surface area contributed by atoms with E-state index in [4.69, 9.17) is 4.74 Å². The second kappa shape index (κ2) is 6.18. The number of aromatic nitrogens is 2. The molecule has 2 aromatic carbocycles. The minimum absolute atomic E-state index is 0.130. The molecule has 0 amide bonds. The first-order chi connectivity index (χ1) is 10.7. The summed E-state index contributed by atoms with van der Waals surface area (Å²) < 4.78 is 7.15. The van der Waals surface area contributed by atoms with E-state index in [2.05, 4.69) is 33.8 Å². The number of fused-ring (bicyclic) bond motifs is 2. The highest BCUT2D eigenvalue weighted by Gasteiger charge is 2.09. The van der Waals surface area contributed by atoms with E-state index >= 15 is 0 Å². The Bertz CT molecular complexity index is 820. The van der Waals surface area contributed by atoms with Gasteiger partial charge in [0, 0.05) is 13.0 Å². The summed E-state index contributed by atoms with van der Waals surface area (Å²) in [6.07, 6.45) is 1.21. The van der Waals surface area contributed by atoms with Gasteiger partial charge >= 0.3 is 5.97 Å². The van der Waals surface area contributed by atoms with E-state index in [9.17, 15) is 4.79 Å². The van der Waals surface area contributed by atoms with Crippen LogP contribution in [0.1, 0.15) is 25.6 Å². The van der Waals surface area contributed by atoms with E-state index < -0.39 is 0 Å². The quantitative estimate of drug-likeness (QED) is 0.672. The van der Waals surface area contributed by atoms with Gasteiger partial charge in [-0.3, -0.25) is 4.79 Å². The molecule has 22 heavy (non-hydrogen) atoms. The molecule has 4 nitrogen and oxygen atoms in total. The number of nitrogens with zero attached hydrogens (tertiary/aromatic N) is 2. The maximum atomic E-state index is 11.4.